The third kappa shape index (κ3) is 5.46. The Balaban J connectivity index is 2.09. The molecule has 6 nitrogen and oxygen atoms in total. The third-order valence-electron chi connectivity index (χ3n) is 6.57. The van der Waals surface area contributed by atoms with E-state index in [1.165, 1.54) is 14.2 Å². The molecule has 2 aromatic carbocycles. The summed E-state index contributed by atoms with van der Waals surface area (Å²) in [6.45, 7) is 2.47. The molecule has 0 spiro atoms. The van der Waals surface area contributed by atoms with Gasteiger partial charge in [-0.05, 0) is 75.5 Å². The van der Waals surface area contributed by atoms with Crippen LogP contribution in [0.3, 0.4) is 0 Å². The van der Waals surface area contributed by atoms with Crippen LogP contribution in [0.25, 0.3) is 10.9 Å². The molecule has 0 fully saturated rings. The molecule has 194 valence electrons. The number of pyridine rings is 2. The first kappa shape index (κ1) is 27.0. The molecule has 0 saturated carbocycles. The van der Waals surface area contributed by atoms with Crippen molar-refractivity contribution in [2.24, 2.45) is 0 Å². The molecule has 0 saturated heterocycles. The van der Waals surface area contributed by atoms with Crippen molar-refractivity contribution in [1.82, 2.24) is 14.9 Å². The van der Waals surface area contributed by atoms with Crippen LogP contribution in [-0.4, -0.2) is 54.8 Å². The van der Waals surface area contributed by atoms with Gasteiger partial charge in [0.2, 0.25) is 5.88 Å². The van der Waals surface area contributed by atoms with E-state index in [0.717, 1.165) is 20.9 Å². The third-order valence-corrected chi connectivity index (χ3v) is 7.07. The number of aliphatic hydroxyl groups is 1. The maximum Gasteiger partial charge on any atom is 0.217 e. The van der Waals surface area contributed by atoms with Gasteiger partial charge in [0.15, 0.2) is 11.6 Å². The summed E-state index contributed by atoms with van der Waals surface area (Å²) in [5.41, 5.74) is 1.30. The summed E-state index contributed by atoms with van der Waals surface area (Å²) in [5.74, 6) is -1.08. The van der Waals surface area contributed by atoms with Crippen molar-refractivity contribution >= 4 is 26.8 Å². The smallest absolute Gasteiger partial charge is 0.217 e. The van der Waals surface area contributed by atoms with Crippen LogP contribution in [0.4, 0.5) is 4.39 Å². The second-order valence-corrected chi connectivity index (χ2v) is 10.3. The first-order chi connectivity index (χ1) is 17.7. The minimum absolute atomic E-state index is 0.0881. The van der Waals surface area contributed by atoms with Crippen molar-refractivity contribution in [3.8, 4) is 11.6 Å². The summed E-state index contributed by atoms with van der Waals surface area (Å²) >= 11 is 3.53. The molecule has 0 aliphatic carbocycles. The van der Waals surface area contributed by atoms with Crippen LogP contribution in [0.1, 0.15) is 34.7 Å². The second kappa shape index (κ2) is 11.1. The number of fused-ring (bicyclic) bond motifs is 1. The Kier molecular flexibility index (Phi) is 8.11. The van der Waals surface area contributed by atoms with E-state index in [1.807, 2.05) is 62.3 Å². The lowest BCUT2D eigenvalue weighted by molar-refractivity contribution is -0.00127. The van der Waals surface area contributed by atoms with Gasteiger partial charge in [-0.15, -0.1) is 0 Å². The van der Waals surface area contributed by atoms with Crippen LogP contribution in [0.15, 0.2) is 65.3 Å². The van der Waals surface area contributed by atoms with E-state index in [0.29, 0.717) is 23.7 Å². The normalized spacial score (nSPS) is 14.0. The van der Waals surface area contributed by atoms with Crippen molar-refractivity contribution in [2.75, 3.05) is 34.9 Å². The van der Waals surface area contributed by atoms with E-state index in [4.69, 9.17) is 14.5 Å². The van der Waals surface area contributed by atoms with Gasteiger partial charge < -0.3 is 19.5 Å². The van der Waals surface area contributed by atoms with E-state index in [1.54, 1.807) is 24.4 Å². The largest absolute Gasteiger partial charge is 0.494 e. The zero-order valence-corrected chi connectivity index (χ0v) is 23.2. The molecule has 0 aliphatic rings. The number of ether oxygens (including phenoxy) is 2. The summed E-state index contributed by atoms with van der Waals surface area (Å²) in [6, 6.07) is 16.3. The van der Waals surface area contributed by atoms with Crippen molar-refractivity contribution < 1.29 is 19.0 Å². The van der Waals surface area contributed by atoms with Crippen LogP contribution in [0.2, 0.25) is 0 Å². The fourth-order valence-electron chi connectivity index (χ4n) is 4.69. The first-order valence-electron chi connectivity index (χ1n) is 11.9. The first-order valence-corrected chi connectivity index (χ1v) is 12.7. The van der Waals surface area contributed by atoms with E-state index in [-0.39, 0.29) is 17.7 Å². The highest BCUT2D eigenvalue weighted by Crippen LogP contribution is 2.48. The standard InChI is InChI=1S/C29H31BrFN3O3/c1-18-11-13-32-25(15-18)29(35,12-14-34(2)3)26(21-7-6-8-24(36-4)27(21)31)22-17-19-16-20(30)9-10-23(19)33-28(22)37-5/h6-11,13,15-17,26,35H,12,14H2,1-5H3/t26-,29-/m1/s1. The minimum Gasteiger partial charge on any atom is -0.494 e. The number of nitrogens with zero attached hydrogens (tertiary/aromatic N) is 3. The van der Waals surface area contributed by atoms with Crippen molar-refractivity contribution in [1.29, 1.82) is 0 Å². The van der Waals surface area contributed by atoms with E-state index < -0.39 is 17.3 Å². The van der Waals surface area contributed by atoms with Gasteiger partial charge in [-0.2, -0.15) is 0 Å². The molecule has 4 aromatic rings. The van der Waals surface area contributed by atoms with Gasteiger partial charge >= 0.3 is 0 Å². The maximum absolute atomic E-state index is 16.0. The lowest BCUT2D eigenvalue weighted by atomic mass is 9.73. The van der Waals surface area contributed by atoms with E-state index in [2.05, 4.69) is 20.9 Å². The van der Waals surface area contributed by atoms with Crippen LogP contribution in [-0.2, 0) is 5.60 Å². The molecule has 0 amide bonds. The summed E-state index contributed by atoms with van der Waals surface area (Å²) in [6.07, 6.45) is 1.94. The summed E-state index contributed by atoms with van der Waals surface area (Å²) in [7, 11) is 6.81. The molecular weight excluding hydrogens is 537 g/mol. The van der Waals surface area contributed by atoms with Gasteiger partial charge in [-0.3, -0.25) is 4.98 Å². The fourth-order valence-corrected chi connectivity index (χ4v) is 5.07. The number of aromatic nitrogens is 2. The Morgan fingerprint density at radius 1 is 1.05 bits per heavy atom. The lowest BCUT2D eigenvalue weighted by Gasteiger charge is -2.38. The number of hydrogen-bond acceptors (Lipinski definition) is 6. The molecule has 0 unspecified atom stereocenters. The SMILES string of the molecule is COc1cccc([C@H](c2cc3cc(Br)ccc3nc2OC)[C@@](O)(CCN(C)C)c2cc(C)ccn2)c1F. The van der Waals surface area contributed by atoms with E-state index >= 15 is 4.39 Å². The average molecular weight is 568 g/mol. The zero-order valence-electron chi connectivity index (χ0n) is 21.6. The van der Waals surface area contributed by atoms with Gasteiger partial charge in [-0.25, -0.2) is 9.37 Å². The lowest BCUT2D eigenvalue weighted by Crippen LogP contribution is -2.39. The summed E-state index contributed by atoms with van der Waals surface area (Å²) in [5, 5.41) is 13.5. The zero-order chi connectivity index (χ0) is 26.7. The minimum atomic E-state index is -1.61. The van der Waals surface area contributed by atoms with Crippen molar-refractivity contribution in [3.63, 3.8) is 0 Å². The van der Waals surface area contributed by atoms with Crippen molar-refractivity contribution in [2.45, 2.75) is 24.9 Å². The molecule has 1 N–H and O–H groups in total. The molecule has 37 heavy (non-hydrogen) atoms. The summed E-state index contributed by atoms with van der Waals surface area (Å²) < 4.78 is 28.0. The molecule has 2 aromatic heterocycles. The van der Waals surface area contributed by atoms with Crippen LogP contribution in [0.5, 0.6) is 11.6 Å². The Morgan fingerprint density at radius 3 is 2.51 bits per heavy atom. The number of methoxy groups -OCH3 is 2. The van der Waals surface area contributed by atoms with Gasteiger partial charge in [-0.1, -0.05) is 28.1 Å². The number of halogens is 2. The Labute approximate surface area is 225 Å². The molecule has 2 heterocycles. The molecule has 4 rings (SSSR count). The van der Waals surface area contributed by atoms with Crippen LogP contribution in [0, 0.1) is 12.7 Å². The molecule has 0 radical (unpaired) electrons. The topological polar surface area (TPSA) is 67.7 Å². The molecule has 2 atom stereocenters. The fraction of sp³-hybridized carbons (Fsp3) is 0.310. The number of rotatable bonds is 9. The Morgan fingerprint density at radius 2 is 1.84 bits per heavy atom. The van der Waals surface area contributed by atoms with Gasteiger partial charge in [0.1, 0.15) is 5.60 Å². The highest BCUT2D eigenvalue weighted by molar-refractivity contribution is 9.10. The van der Waals surface area contributed by atoms with Gasteiger partial charge in [0.25, 0.3) is 0 Å². The molecular formula is C29H31BrFN3O3. The van der Waals surface area contributed by atoms with Crippen LogP contribution < -0.4 is 9.47 Å². The Bertz CT molecular complexity index is 1410. The highest BCUT2D eigenvalue weighted by atomic mass is 79.9. The monoisotopic (exact) mass is 567 g/mol. The predicted octanol–water partition coefficient (Wildman–Crippen LogP) is 5.83. The predicted molar refractivity (Wildman–Crippen MR) is 147 cm³/mol. The molecule has 8 heteroatoms. The second-order valence-electron chi connectivity index (χ2n) is 9.42. The number of hydrogen-bond donors (Lipinski definition) is 1. The average Bonchev–Trinajstić information content (AvgIpc) is 2.88. The quantitative estimate of drug-likeness (QED) is 0.274. The van der Waals surface area contributed by atoms with E-state index in [9.17, 15) is 5.11 Å². The van der Waals surface area contributed by atoms with Gasteiger partial charge in [0.05, 0.1) is 31.3 Å². The van der Waals surface area contributed by atoms with Crippen molar-refractivity contribution in [3.05, 3.63) is 93.5 Å². The summed E-state index contributed by atoms with van der Waals surface area (Å²) in [4.78, 5) is 11.3. The number of aryl methyl sites for hydroxylation is 1. The highest BCUT2D eigenvalue weighted by Gasteiger charge is 2.45. The maximum atomic E-state index is 16.0. The molecule has 0 aliphatic heterocycles. The number of benzene rings is 2. The molecule has 0 bridgehead atoms. The van der Waals surface area contributed by atoms with Gasteiger partial charge in [0, 0.05) is 33.7 Å². The Hall–Kier alpha value is -3.07. The van der Waals surface area contributed by atoms with Crippen LogP contribution >= 0.6 is 15.9 Å².